The third-order valence-electron chi connectivity index (χ3n) is 11.1. The number of hydrogen-bond donors (Lipinski definition) is 5. The van der Waals surface area contributed by atoms with E-state index in [-0.39, 0.29) is 23.6 Å². The average Bonchev–Trinajstić information content (AvgIpc) is 4.06. The van der Waals surface area contributed by atoms with Crippen LogP contribution in [-0.4, -0.2) is 68.7 Å². The minimum atomic E-state index is -0.389. The number of fused-ring (bicyclic) bond motifs is 4. The van der Waals surface area contributed by atoms with Crippen molar-refractivity contribution in [2.45, 2.75) is 26.8 Å². The number of aromatic nitrogens is 4. The van der Waals surface area contributed by atoms with Crippen molar-refractivity contribution >= 4 is 121 Å². The number of aromatic amines is 3. The first-order valence-corrected chi connectivity index (χ1v) is 21.0. The predicted molar refractivity (Wildman–Crippen MR) is 245 cm³/mol. The third kappa shape index (κ3) is 6.91. The predicted octanol–water partition coefficient (Wildman–Crippen LogP) is 9.00. The maximum absolute atomic E-state index is 13.1. The van der Waals surface area contributed by atoms with Gasteiger partial charge in [0.25, 0.3) is 23.6 Å². The summed E-state index contributed by atoms with van der Waals surface area (Å²) in [5.41, 5.74) is 10.6. The molecule has 8 aromatic rings. The van der Waals surface area contributed by atoms with Crippen molar-refractivity contribution in [2.24, 2.45) is 0 Å². The van der Waals surface area contributed by atoms with Gasteiger partial charge in [0.15, 0.2) is 0 Å². The van der Waals surface area contributed by atoms with Gasteiger partial charge in [-0.3, -0.25) is 29.8 Å². The monoisotopic (exact) mass is 923 g/mol. The van der Waals surface area contributed by atoms with Crippen LogP contribution in [0.25, 0.3) is 65.9 Å². The molecule has 4 amide bonds. The van der Waals surface area contributed by atoms with Crippen LogP contribution in [0.3, 0.4) is 0 Å². The number of benzene rings is 4. The van der Waals surface area contributed by atoms with E-state index < -0.39 is 0 Å². The summed E-state index contributed by atoms with van der Waals surface area (Å²) in [6.07, 6.45) is 8.40. The van der Waals surface area contributed by atoms with Crippen LogP contribution in [0.15, 0.2) is 107 Å². The molecule has 0 saturated carbocycles. The number of carbonyl (C=O) groups excluding carboxylic acids is 4. The second-order valence-corrected chi connectivity index (χ2v) is 17.3. The van der Waals surface area contributed by atoms with Crippen molar-refractivity contribution in [1.82, 2.24) is 35.1 Å². The van der Waals surface area contributed by atoms with Crippen molar-refractivity contribution in [1.29, 1.82) is 0 Å². The van der Waals surface area contributed by atoms with Gasteiger partial charge in [-0.25, -0.2) is 0 Å². The largest absolute Gasteiger partial charge is 0.361 e. The molecule has 5 N–H and O–H groups in total. The molecule has 0 bridgehead atoms. The number of H-pyrrole nitrogens is 3. The quantitative estimate of drug-likeness (QED) is 0.0966. The lowest BCUT2D eigenvalue weighted by Crippen LogP contribution is -2.22. The lowest BCUT2D eigenvalue weighted by atomic mass is 9.95. The Hall–Kier alpha value is -6.28. The topological polar surface area (TPSA) is 148 Å². The van der Waals surface area contributed by atoms with Crippen LogP contribution in [0.2, 0.25) is 0 Å². The number of nitrogens with one attached hydrogen (secondary N) is 5. The molecule has 2 aliphatic rings. The van der Waals surface area contributed by atoms with Crippen molar-refractivity contribution < 1.29 is 19.2 Å². The Morgan fingerprint density at radius 3 is 1.43 bits per heavy atom. The molecule has 6 heterocycles. The smallest absolute Gasteiger partial charge is 0.259 e. The van der Waals surface area contributed by atoms with Crippen LogP contribution in [0, 0.1) is 13.8 Å². The molecular weight excluding hydrogens is 886 g/mol. The Balaban J connectivity index is 0.000000157. The van der Waals surface area contributed by atoms with Crippen LogP contribution in [0.4, 0.5) is 0 Å². The van der Waals surface area contributed by atoms with Crippen LogP contribution in [-0.2, 0) is 25.7 Å². The van der Waals surface area contributed by atoms with Gasteiger partial charge in [-0.2, -0.15) is 0 Å². The number of imide groups is 2. The molecule has 4 aromatic heterocycles. The summed E-state index contributed by atoms with van der Waals surface area (Å²) in [5, 5.41) is 8.69. The normalized spacial score (nSPS) is 14.4. The Labute approximate surface area is 361 Å². The Kier molecular flexibility index (Phi) is 10.1. The van der Waals surface area contributed by atoms with Crippen molar-refractivity contribution in [2.75, 3.05) is 20.6 Å². The first-order valence-electron chi connectivity index (χ1n) is 19.4. The molecule has 0 aliphatic carbocycles. The standard InChI is InChI=1S/C27H28N4O2.C20H11Br2N3O2/c1-16-6-8-22-18(12-16)20(14-28-22)24-25(27(33)29-26(24)32)21-15-31(11-5-10-30(3)4)23-9-7-17(2)13-19(21)23;21-9-1-3-15-11(5-9)13(7-23-15)17-18(20(27)25-19(17)26)14-8-24-16-4-2-10(22)6-12(14)16/h6-9,12-15,28H,5,10-11H2,1-4H3,(H,29,32,33);1-8,23-24H,(H,25,26,27). The Morgan fingerprint density at radius 1 is 0.533 bits per heavy atom. The van der Waals surface area contributed by atoms with Crippen LogP contribution >= 0.6 is 31.9 Å². The molecule has 0 spiro atoms. The second-order valence-electron chi connectivity index (χ2n) is 15.5. The molecule has 2 aliphatic heterocycles. The lowest BCUT2D eigenvalue weighted by Gasteiger charge is -2.10. The number of rotatable bonds is 8. The summed E-state index contributed by atoms with van der Waals surface area (Å²) in [6, 6.07) is 24.0. The van der Waals surface area contributed by atoms with Gasteiger partial charge in [0.1, 0.15) is 0 Å². The Morgan fingerprint density at radius 2 is 0.950 bits per heavy atom. The van der Waals surface area contributed by atoms with Crippen LogP contribution < -0.4 is 10.6 Å². The zero-order valence-electron chi connectivity index (χ0n) is 33.1. The number of carbonyl (C=O) groups is 4. The first kappa shape index (κ1) is 39.2. The van der Waals surface area contributed by atoms with E-state index in [4.69, 9.17) is 0 Å². The highest BCUT2D eigenvalue weighted by molar-refractivity contribution is 9.10. The highest BCUT2D eigenvalue weighted by atomic mass is 79.9. The maximum atomic E-state index is 13.1. The third-order valence-corrected chi connectivity index (χ3v) is 12.1. The highest BCUT2D eigenvalue weighted by Gasteiger charge is 2.36. The van der Waals surface area contributed by atoms with E-state index in [1.54, 1.807) is 12.4 Å². The summed E-state index contributed by atoms with van der Waals surface area (Å²) in [5.74, 6) is -1.47. The van der Waals surface area contributed by atoms with Crippen molar-refractivity contribution in [3.05, 3.63) is 140 Å². The summed E-state index contributed by atoms with van der Waals surface area (Å²) in [4.78, 5) is 63.3. The average molecular weight is 926 g/mol. The zero-order chi connectivity index (χ0) is 42.0. The zero-order valence-corrected chi connectivity index (χ0v) is 36.3. The SMILES string of the molecule is Cc1ccc2[nH]cc(C3=C(c4cn(CCCN(C)C)c5ccc(C)cc45)C(=O)NC3=O)c2c1.O=C1NC(=O)C(c2c[nH]c3ccc(Br)cc23)=C1c1c[nH]c2ccc(Br)cc12. The van der Waals surface area contributed by atoms with Gasteiger partial charge in [0.2, 0.25) is 0 Å². The molecule has 10 rings (SSSR count). The van der Waals surface area contributed by atoms with Gasteiger partial charge in [0.05, 0.1) is 22.3 Å². The fourth-order valence-corrected chi connectivity index (χ4v) is 9.05. The van der Waals surface area contributed by atoms with Crippen molar-refractivity contribution in [3.8, 4) is 0 Å². The molecule has 0 radical (unpaired) electrons. The summed E-state index contributed by atoms with van der Waals surface area (Å²) in [7, 11) is 4.13. The molecule has 13 heteroatoms. The lowest BCUT2D eigenvalue weighted by molar-refractivity contribution is -0.124. The van der Waals surface area contributed by atoms with Gasteiger partial charge < -0.3 is 24.4 Å². The number of halogens is 2. The molecular formula is C47H39Br2N7O4. The molecule has 0 unspecified atom stereocenters. The van der Waals surface area contributed by atoms with E-state index in [2.05, 4.69) is 105 Å². The minimum Gasteiger partial charge on any atom is -0.361 e. The van der Waals surface area contributed by atoms with Gasteiger partial charge in [-0.15, -0.1) is 0 Å². The van der Waals surface area contributed by atoms with Gasteiger partial charge in [0, 0.05) is 106 Å². The highest BCUT2D eigenvalue weighted by Crippen LogP contribution is 2.40. The number of nitrogens with zero attached hydrogens (tertiary/aromatic N) is 2. The molecule has 0 saturated heterocycles. The molecule has 4 aromatic carbocycles. The first-order chi connectivity index (χ1) is 28.9. The van der Waals surface area contributed by atoms with E-state index >= 15 is 0 Å². The van der Waals surface area contributed by atoms with E-state index in [1.807, 2.05) is 74.8 Å². The molecule has 0 fully saturated rings. The van der Waals surface area contributed by atoms with Crippen LogP contribution in [0.5, 0.6) is 0 Å². The minimum absolute atomic E-state index is 0.342. The van der Waals surface area contributed by atoms with E-state index in [0.29, 0.717) is 33.4 Å². The molecule has 0 atom stereocenters. The fourth-order valence-electron chi connectivity index (χ4n) is 8.33. The molecule has 60 heavy (non-hydrogen) atoms. The number of amides is 4. The molecule has 300 valence electrons. The van der Waals surface area contributed by atoms with Crippen LogP contribution in [0.1, 0.15) is 39.8 Å². The fraction of sp³-hybridized carbons (Fsp3) is 0.149. The Bertz CT molecular complexity index is 3090. The maximum Gasteiger partial charge on any atom is 0.259 e. The van der Waals surface area contributed by atoms with Gasteiger partial charge >= 0.3 is 0 Å². The van der Waals surface area contributed by atoms with Crippen molar-refractivity contribution in [3.63, 3.8) is 0 Å². The summed E-state index contributed by atoms with van der Waals surface area (Å²) >= 11 is 6.95. The molecule has 11 nitrogen and oxygen atoms in total. The number of hydrogen-bond acceptors (Lipinski definition) is 5. The summed E-state index contributed by atoms with van der Waals surface area (Å²) in [6.45, 7) is 5.88. The number of aryl methyl sites for hydroxylation is 3. The van der Waals surface area contributed by atoms with Gasteiger partial charge in [-0.05, 0) is 102 Å². The van der Waals surface area contributed by atoms with Gasteiger partial charge in [-0.1, -0.05) is 55.1 Å². The second kappa shape index (κ2) is 15.4. The van der Waals surface area contributed by atoms with E-state index in [0.717, 1.165) is 94.3 Å². The van der Waals surface area contributed by atoms with E-state index in [1.165, 1.54) is 0 Å². The van der Waals surface area contributed by atoms with E-state index in [9.17, 15) is 19.2 Å². The summed E-state index contributed by atoms with van der Waals surface area (Å²) < 4.78 is 4.01.